The number of hydrogen-bond donors (Lipinski definition) is 2. The van der Waals surface area contributed by atoms with Crippen molar-refractivity contribution in [3.05, 3.63) is 59.4 Å². The van der Waals surface area contributed by atoms with Gasteiger partial charge in [-0.1, -0.05) is 18.2 Å². The lowest BCUT2D eigenvalue weighted by atomic mass is 10.1. The van der Waals surface area contributed by atoms with Gasteiger partial charge in [0.15, 0.2) is 5.96 Å². The molecule has 3 rings (SSSR count). The summed E-state index contributed by atoms with van der Waals surface area (Å²) < 4.78 is 11.8. The van der Waals surface area contributed by atoms with E-state index in [1.807, 2.05) is 24.4 Å². The van der Waals surface area contributed by atoms with Crippen LogP contribution in [0.15, 0.2) is 47.6 Å². The van der Waals surface area contributed by atoms with Gasteiger partial charge in [0.25, 0.3) is 0 Å². The minimum absolute atomic E-state index is 0.206. The number of hydrogen-bond acceptors (Lipinski definition) is 4. The molecule has 0 bridgehead atoms. The van der Waals surface area contributed by atoms with E-state index in [2.05, 4.69) is 47.7 Å². The number of aromatic nitrogens is 1. The highest BCUT2D eigenvalue weighted by molar-refractivity contribution is 5.79. The smallest absolute Gasteiger partial charge is 0.191 e. The average molecular weight is 397 g/mol. The molecular weight excluding hydrogens is 364 g/mol. The Kier molecular flexibility index (Phi) is 8.31. The summed E-state index contributed by atoms with van der Waals surface area (Å²) in [4.78, 5) is 9.11. The molecule has 0 spiro atoms. The van der Waals surface area contributed by atoms with Crippen LogP contribution in [0.25, 0.3) is 0 Å². The number of guanidine groups is 1. The van der Waals surface area contributed by atoms with Gasteiger partial charge in [0.2, 0.25) is 0 Å². The van der Waals surface area contributed by atoms with Crippen molar-refractivity contribution >= 4 is 5.96 Å². The van der Waals surface area contributed by atoms with E-state index in [9.17, 15) is 0 Å². The molecule has 1 aliphatic rings. The van der Waals surface area contributed by atoms with E-state index in [1.54, 1.807) is 0 Å². The van der Waals surface area contributed by atoms with Gasteiger partial charge in [-0.3, -0.25) is 4.98 Å². The zero-order chi connectivity index (χ0) is 20.3. The van der Waals surface area contributed by atoms with Crippen LogP contribution in [0, 0.1) is 6.92 Å². The molecule has 0 radical (unpaired) electrons. The van der Waals surface area contributed by atoms with Crippen LogP contribution in [-0.4, -0.2) is 43.4 Å². The van der Waals surface area contributed by atoms with Crippen LogP contribution in [0.5, 0.6) is 5.75 Å². The molecule has 0 saturated carbocycles. The Bertz CT molecular complexity index is 774. The fraction of sp³-hybridized carbons (Fsp3) is 0.478. The summed E-state index contributed by atoms with van der Waals surface area (Å²) in [6.45, 7) is 7.73. The lowest BCUT2D eigenvalue weighted by Gasteiger charge is -2.15. The number of nitrogens with one attached hydrogen (secondary N) is 2. The van der Waals surface area contributed by atoms with Crippen molar-refractivity contribution in [1.29, 1.82) is 0 Å². The highest BCUT2D eigenvalue weighted by atomic mass is 16.5. The van der Waals surface area contributed by atoms with E-state index in [0.29, 0.717) is 13.2 Å². The van der Waals surface area contributed by atoms with Crippen molar-refractivity contribution in [2.75, 3.05) is 26.3 Å². The summed E-state index contributed by atoms with van der Waals surface area (Å²) in [7, 11) is 0. The molecule has 2 heterocycles. The van der Waals surface area contributed by atoms with E-state index in [1.165, 1.54) is 5.56 Å². The maximum absolute atomic E-state index is 6.09. The SMILES string of the molecule is CCNC(=NCc1ccc(C)cc1OCC1CCCO1)NCCc1ccccn1. The second kappa shape index (κ2) is 11.4. The largest absolute Gasteiger partial charge is 0.491 e. The van der Waals surface area contributed by atoms with E-state index in [-0.39, 0.29) is 6.10 Å². The first-order valence-corrected chi connectivity index (χ1v) is 10.5. The summed E-state index contributed by atoms with van der Waals surface area (Å²) in [5, 5.41) is 6.69. The van der Waals surface area contributed by atoms with Crippen LogP contribution >= 0.6 is 0 Å². The third-order valence-corrected chi connectivity index (χ3v) is 4.82. The predicted octanol–water partition coefficient (Wildman–Crippen LogP) is 3.25. The standard InChI is InChI=1S/C23H32N4O2/c1-3-24-23(26-13-11-20-7-4-5-12-25-20)27-16-19-10-9-18(2)15-22(19)29-17-21-8-6-14-28-21/h4-5,7,9-10,12,15,21H,3,6,8,11,13-14,16-17H2,1-2H3,(H2,24,26,27). The lowest BCUT2D eigenvalue weighted by Crippen LogP contribution is -2.38. The zero-order valence-corrected chi connectivity index (χ0v) is 17.5. The van der Waals surface area contributed by atoms with Crippen LogP contribution < -0.4 is 15.4 Å². The number of ether oxygens (including phenoxy) is 2. The lowest BCUT2D eigenvalue weighted by molar-refractivity contribution is 0.0676. The maximum atomic E-state index is 6.09. The average Bonchev–Trinajstić information content (AvgIpc) is 3.26. The molecule has 2 aromatic rings. The molecule has 0 aliphatic carbocycles. The summed E-state index contributed by atoms with van der Waals surface area (Å²) in [5.74, 6) is 1.70. The topological polar surface area (TPSA) is 67.8 Å². The van der Waals surface area contributed by atoms with E-state index >= 15 is 0 Å². The molecule has 1 aromatic heterocycles. The first kappa shape index (κ1) is 21.1. The van der Waals surface area contributed by atoms with Gasteiger partial charge in [0.1, 0.15) is 12.4 Å². The minimum Gasteiger partial charge on any atom is -0.491 e. The van der Waals surface area contributed by atoms with Crippen molar-refractivity contribution in [2.24, 2.45) is 4.99 Å². The van der Waals surface area contributed by atoms with Crippen molar-refractivity contribution in [3.8, 4) is 5.75 Å². The Labute approximate surface area is 173 Å². The first-order valence-electron chi connectivity index (χ1n) is 10.5. The third-order valence-electron chi connectivity index (χ3n) is 4.82. The molecule has 1 unspecified atom stereocenters. The number of rotatable bonds is 9. The Balaban J connectivity index is 1.58. The normalized spacial score (nSPS) is 16.6. The third kappa shape index (κ3) is 7.06. The fourth-order valence-electron chi connectivity index (χ4n) is 3.25. The van der Waals surface area contributed by atoms with Crippen LogP contribution in [0.3, 0.4) is 0 Å². The highest BCUT2D eigenvalue weighted by Crippen LogP contribution is 2.23. The Morgan fingerprint density at radius 3 is 2.97 bits per heavy atom. The Hall–Kier alpha value is -2.60. The van der Waals surface area contributed by atoms with Crippen LogP contribution in [-0.2, 0) is 17.7 Å². The molecule has 6 nitrogen and oxygen atoms in total. The quantitative estimate of drug-likeness (QED) is 0.503. The molecule has 0 amide bonds. The van der Waals surface area contributed by atoms with E-state index in [0.717, 1.165) is 61.9 Å². The summed E-state index contributed by atoms with van der Waals surface area (Å²) in [5.41, 5.74) is 3.33. The highest BCUT2D eigenvalue weighted by Gasteiger charge is 2.17. The summed E-state index contributed by atoms with van der Waals surface area (Å²) in [6, 6.07) is 12.3. The molecular formula is C23H32N4O2. The molecule has 1 saturated heterocycles. The van der Waals surface area contributed by atoms with Gasteiger partial charge in [0, 0.05) is 43.6 Å². The van der Waals surface area contributed by atoms with Gasteiger partial charge in [-0.25, -0.2) is 4.99 Å². The molecule has 2 N–H and O–H groups in total. The van der Waals surface area contributed by atoms with Crippen LogP contribution in [0.4, 0.5) is 0 Å². The molecule has 1 aromatic carbocycles. The van der Waals surface area contributed by atoms with Gasteiger partial charge in [-0.2, -0.15) is 0 Å². The zero-order valence-electron chi connectivity index (χ0n) is 17.5. The van der Waals surface area contributed by atoms with Crippen molar-refractivity contribution in [2.45, 2.75) is 45.8 Å². The molecule has 6 heteroatoms. The number of aliphatic imine (C=N–C) groups is 1. The van der Waals surface area contributed by atoms with Crippen LogP contribution in [0.2, 0.25) is 0 Å². The van der Waals surface area contributed by atoms with Gasteiger partial charge in [-0.15, -0.1) is 0 Å². The number of benzene rings is 1. The van der Waals surface area contributed by atoms with Gasteiger partial charge in [0.05, 0.1) is 12.6 Å². The molecule has 156 valence electrons. The van der Waals surface area contributed by atoms with Crippen molar-refractivity contribution < 1.29 is 9.47 Å². The summed E-state index contributed by atoms with van der Waals surface area (Å²) >= 11 is 0. The second-order valence-electron chi connectivity index (χ2n) is 7.25. The monoisotopic (exact) mass is 396 g/mol. The molecule has 29 heavy (non-hydrogen) atoms. The predicted molar refractivity (Wildman–Crippen MR) is 116 cm³/mol. The van der Waals surface area contributed by atoms with Crippen molar-refractivity contribution in [1.82, 2.24) is 15.6 Å². The summed E-state index contributed by atoms with van der Waals surface area (Å²) in [6.07, 6.45) is 5.08. The van der Waals surface area contributed by atoms with Gasteiger partial charge < -0.3 is 20.1 Å². The molecule has 1 atom stereocenters. The Morgan fingerprint density at radius 2 is 2.21 bits per heavy atom. The Morgan fingerprint density at radius 1 is 1.28 bits per heavy atom. The van der Waals surface area contributed by atoms with Crippen molar-refractivity contribution in [3.63, 3.8) is 0 Å². The number of nitrogens with zero attached hydrogens (tertiary/aromatic N) is 2. The van der Waals surface area contributed by atoms with Crippen LogP contribution in [0.1, 0.15) is 36.6 Å². The maximum Gasteiger partial charge on any atom is 0.191 e. The fourth-order valence-corrected chi connectivity index (χ4v) is 3.25. The number of aryl methyl sites for hydroxylation is 1. The van der Waals surface area contributed by atoms with Gasteiger partial charge in [-0.05, 0) is 50.5 Å². The van der Waals surface area contributed by atoms with E-state index in [4.69, 9.17) is 14.5 Å². The van der Waals surface area contributed by atoms with Gasteiger partial charge >= 0.3 is 0 Å². The van der Waals surface area contributed by atoms with E-state index < -0.39 is 0 Å². The number of pyridine rings is 1. The molecule has 1 fully saturated rings. The minimum atomic E-state index is 0.206. The second-order valence-corrected chi connectivity index (χ2v) is 7.25. The molecule has 1 aliphatic heterocycles. The first-order chi connectivity index (χ1) is 14.2.